The maximum absolute atomic E-state index is 10.5. The number of hydrogen-bond acceptors (Lipinski definition) is 1. The molecule has 0 aromatic heterocycles. The van der Waals surface area contributed by atoms with Gasteiger partial charge in [0.05, 0.1) is 0 Å². The van der Waals surface area contributed by atoms with Gasteiger partial charge < -0.3 is 5.11 Å². The molecule has 0 aliphatic carbocycles. The van der Waals surface area contributed by atoms with Crippen LogP contribution in [0, 0.1) is 6.92 Å². The number of rotatable bonds is 4. The minimum atomic E-state index is 0.440. The van der Waals surface area contributed by atoms with E-state index in [1.807, 2.05) is 18.2 Å². The first kappa shape index (κ1) is 14.6. The molecule has 1 nitrogen and oxygen atoms in total. The Morgan fingerprint density at radius 1 is 1.05 bits per heavy atom. The van der Waals surface area contributed by atoms with Gasteiger partial charge in [0, 0.05) is 5.56 Å². The first-order valence-corrected chi connectivity index (χ1v) is 7.46. The summed E-state index contributed by atoms with van der Waals surface area (Å²) in [5.74, 6) is 0.970. The maximum atomic E-state index is 10.5. The van der Waals surface area contributed by atoms with Crippen molar-refractivity contribution in [1.29, 1.82) is 0 Å². The van der Waals surface area contributed by atoms with E-state index >= 15 is 0 Å². The highest BCUT2D eigenvalue weighted by Gasteiger charge is 2.11. The second kappa shape index (κ2) is 6.13. The third-order valence-corrected chi connectivity index (χ3v) is 3.85. The molecular weight excluding hydrogens is 244 g/mol. The summed E-state index contributed by atoms with van der Waals surface area (Å²) >= 11 is 0. The lowest BCUT2D eigenvalue weighted by Gasteiger charge is -2.14. The molecule has 0 saturated carbocycles. The number of aromatic hydroxyl groups is 1. The van der Waals surface area contributed by atoms with Crippen LogP contribution in [-0.2, 0) is 6.42 Å². The largest absolute Gasteiger partial charge is 0.507 e. The SMILES string of the molecule is CCCc1cccc(-c2ccc(C(C)C)cc2C)c1O. The molecule has 2 aromatic rings. The maximum Gasteiger partial charge on any atom is 0.126 e. The number of para-hydroxylation sites is 1. The quantitative estimate of drug-likeness (QED) is 0.782. The van der Waals surface area contributed by atoms with E-state index in [0.29, 0.717) is 11.7 Å². The van der Waals surface area contributed by atoms with Crippen LogP contribution in [0.1, 0.15) is 49.8 Å². The van der Waals surface area contributed by atoms with Crippen LogP contribution < -0.4 is 0 Å². The molecule has 106 valence electrons. The van der Waals surface area contributed by atoms with E-state index in [2.05, 4.69) is 45.9 Å². The van der Waals surface area contributed by atoms with E-state index in [0.717, 1.165) is 29.5 Å². The van der Waals surface area contributed by atoms with Gasteiger partial charge in [-0.15, -0.1) is 0 Å². The number of hydrogen-bond donors (Lipinski definition) is 1. The highest BCUT2D eigenvalue weighted by Crippen LogP contribution is 2.35. The van der Waals surface area contributed by atoms with Crippen LogP contribution in [0.2, 0.25) is 0 Å². The molecule has 1 N–H and O–H groups in total. The Bertz CT molecular complexity index is 597. The summed E-state index contributed by atoms with van der Waals surface area (Å²) in [6.45, 7) is 8.66. The van der Waals surface area contributed by atoms with Crippen molar-refractivity contribution in [3.63, 3.8) is 0 Å². The molecule has 0 aliphatic rings. The van der Waals surface area contributed by atoms with Crippen LogP contribution in [0.4, 0.5) is 0 Å². The minimum Gasteiger partial charge on any atom is -0.507 e. The summed E-state index contributed by atoms with van der Waals surface area (Å²) in [6, 6.07) is 12.6. The summed E-state index contributed by atoms with van der Waals surface area (Å²) in [7, 11) is 0. The van der Waals surface area contributed by atoms with Gasteiger partial charge in [-0.3, -0.25) is 0 Å². The standard InChI is InChI=1S/C19H24O/c1-5-7-15-8-6-9-18(19(15)20)17-11-10-16(13(2)3)12-14(17)4/h6,8-13,20H,5,7H2,1-4H3. The third-order valence-electron chi connectivity index (χ3n) is 3.85. The average molecular weight is 268 g/mol. The monoisotopic (exact) mass is 268 g/mol. The van der Waals surface area contributed by atoms with Gasteiger partial charge in [0.2, 0.25) is 0 Å². The lowest BCUT2D eigenvalue weighted by atomic mass is 9.92. The average Bonchev–Trinajstić information content (AvgIpc) is 2.42. The number of phenolic OH excluding ortho intramolecular Hbond substituents is 1. The van der Waals surface area contributed by atoms with Crippen molar-refractivity contribution in [2.45, 2.75) is 46.5 Å². The molecule has 2 aromatic carbocycles. The Morgan fingerprint density at radius 3 is 2.40 bits per heavy atom. The highest BCUT2D eigenvalue weighted by atomic mass is 16.3. The smallest absolute Gasteiger partial charge is 0.126 e. The third kappa shape index (κ3) is 2.87. The zero-order chi connectivity index (χ0) is 14.7. The Morgan fingerprint density at radius 2 is 1.80 bits per heavy atom. The van der Waals surface area contributed by atoms with E-state index in [1.54, 1.807) is 0 Å². The second-order valence-corrected chi connectivity index (χ2v) is 5.79. The van der Waals surface area contributed by atoms with Crippen molar-refractivity contribution in [2.24, 2.45) is 0 Å². The minimum absolute atomic E-state index is 0.440. The second-order valence-electron chi connectivity index (χ2n) is 5.79. The Hall–Kier alpha value is -1.76. The van der Waals surface area contributed by atoms with E-state index in [9.17, 15) is 5.11 Å². The van der Waals surface area contributed by atoms with Crippen LogP contribution in [-0.4, -0.2) is 5.11 Å². The lowest BCUT2D eigenvalue weighted by molar-refractivity contribution is 0.469. The number of aryl methyl sites for hydroxylation is 2. The summed E-state index contributed by atoms with van der Waals surface area (Å²) in [4.78, 5) is 0. The summed E-state index contributed by atoms with van der Waals surface area (Å²) < 4.78 is 0. The molecule has 0 radical (unpaired) electrons. The predicted octanol–water partition coefficient (Wildman–Crippen LogP) is 5.44. The number of phenols is 1. The molecule has 0 aliphatic heterocycles. The molecule has 0 heterocycles. The molecule has 0 fully saturated rings. The molecule has 0 unspecified atom stereocenters. The van der Waals surface area contributed by atoms with Crippen molar-refractivity contribution in [1.82, 2.24) is 0 Å². The van der Waals surface area contributed by atoms with Crippen molar-refractivity contribution in [3.05, 3.63) is 53.1 Å². The van der Waals surface area contributed by atoms with E-state index in [4.69, 9.17) is 0 Å². The molecule has 0 bridgehead atoms. The van der Waals surface area contributed by atoms with Crippen LogP contribution in [0.5, 0.6) is 5.75 Å². The van der Waals surface area contributed by atoms with Gasteiger partial charge >= 0.3 is 0 Å². The predicted molar refractivity (Wildman–Crippen MR) is 86.4 cm³/mol. The zero-order valence-electron chi connectivity index (χ0n) is 12.9. The fraction of sp³-hybridized carbons (Fsp3) is 0.368. The zero-order valence-corrected chi connectivity index (χ0v) is 12.9. The molecule has 2 rings (SSSR count). The highest BCUT2D eigenvalue weighted by molar-refractivity contribution is 5.74. The summed E-state index contributed by atoms with van der Waals surface area (Å²) in [5, 5.41) is 10.5. The van der Waals surface area contributed by atoms with Crippen LogP contribution in [0.3, 0.4) is 0 Å². The van der Waals surface area contributed by atoms with E-state index in [1.165, 1.54) is 11.1 Å². The normalized spacial score (nSPS) is 11.1. The van der Waals surface area contributed by atoms with Gasteiger partial charge in [0.25, 0.3) is 0 Å². The Kier molecular flexibility index (Phi) is 4.49. The first-order chi connectivity index (χ1) is 9.54. The summed E-state index contributed by atoms with van der Waals surface area (Å²) in [5.41, 5.74) is 5.68. The Balaban J connectivity index is 2.49. The van der Waals surface area contributed by atoms with Gasteiger partial charge in [0.15, 0.2) is 0 Å². The molecule has 0 saturated heterocycles. The van der Waals surface area contributed by atoms with Gasteiger partial charge in [-0.2, -0.15) is 0 Å². The molecule has 1 heteroatoms. The summed E-state index contributed by atoms with van der Waals surface area (Å²) in [6.07, 6.45) is 1.96. The molecule has 0 atom stereocenters. The van der Waals surface area contributed by atoms with Gasteiger partial charge in [-0.05, 0) is 41.5 Å². The molecular formula is C19H24O. The fourth-order valence-corrected chi connectivity index (χ4v) is 2.63. The van der Waals surface area contributed by atoms with Crippen LogP contribution in [0.15, 0.2) is 36.4 Å². The van der Waals surface area contributed by atoms with E-state index in [-0.39, 0.29) is 0 Å². The van der Waals surface area contributed by atoms with E-state index < -0.39 is 0 Å². The number of benzene rings is 2. The Labute approximate surface area is 122 Å². The van der Waals surface area contributed by atoms with Crippen molar-refractivity contribution in [2.75, 3.05) is 0 Å². The van der Waals surface area contributed by atoms with Gasteiger partial charge in [0.1, 0.15) is 5.75 Å². The van der Waals surface area contributed by atoms with Crippen LogP contribution >= 0.6 is 0 Å². The van der Waals surface area contributed by atoms with Crippen molar-refractivity contribution >= 4 is 0 Å². The fourth-order valence-electron chi connectivity index (χ4n) is 2.63. The van der Waals surface area contributed by atoms with Crippen LogP contribution in [0.25, 0.3) is 11.1 Å². The van der Waals surface area contributed by atoms with Gasteiger partial charge in [-0.1, -0.05) is 63.6 Å². The first-order valence-electron chi connectivity index (χ1n) is 7.46. The lowest BCUT2D eigenvalue weighted by Crippen LogP contribution is -1.92. The van der Waals surface area contributed by atoms with Crippen molar-refractivity contribution < 1.29 is 5.11 Å². The topological polar surface area (TPSA) is 20.2 Å². The molecule has 0 amide bonds. The molecule has 20 heavy (non-hydrogen) atoms. The van der Waals surface area contributed by atoms with Gasteiger partial charge in [-0.25, -0.2) is 0 Å². The van der Waals surface area contributed by atoms with Crippen molar-refractivity contribution in [3.8, 4) is 16.9 Å². The molecule has 0 spiro atoms.